The van der Waals surface area contributed by atoms with Gasteiger partial charge in [-0.3, -0.25) is 0 Å². The monoisotopic (exact) mass is 488 g/mol. The van der Waals surface area contributed by atoms with Crippen LogP contribution < -0.4 is 14.2 Å². The number of rotatable bonds is 14. The zero-order valence-electron chi connectivity index (χ0n) is 20.8. The van der Waals surface area contributed by atoms with Gasteiger partial charge in [-0.2, -0.15) is 10.2 Å². The number of ether oxygens (including phenoxy) is 4. The van der Waals surface area contributed by atoms with Gasteiger partial charge in [-0.25, -0.2) is 4.79 Å². The summed E-state index contributed by atoms with van der Waals surface area (Å²) in [6.07, 6.45) is 2.79. The summed E-state index contributed by atoms with van der Waals surface area (Å²) >= 11 is 0. The van der Waals surface area contributed by atoms with Gasteiger partial charge in [0.25, 0.3) is 0 Å². The molecule has 36 heavy (non-hydrogen) atoms. The number of carbonyl (C=O) groups excluding carboxylic acids is 1. The predicted octanol–water partition coefficient (Wildman–Crippen LogP) is 7.36. The molecular weight excluding hydrogens is 456 g/mol. The molecule has 0 heterocycles. The van der Waals surface area contributed by atoms with E-state index in [0.717, 1.165) is 53.4 Å². The van der Waals surface area contributed by atoms with Crippen molar-refractivity contribution in [2.24, 2.45) is 10.2 Å². The largest absolute Gasteiger partial charge is 0.497 e. The molecule has 0 saturated carbocycles. The van der Waals surface area contributed by atoms with Gasteiger partial charge in [0, 0.05) is 11.1 Å². The standard InChI is InChI=1S/C29H32N2O5/c1-22(2)29(32)36-21-23-9-5-6-10-28(23)35-20-8-4-7-19-34-27-17-13-25(14-18-27)31-30-24-11-15-26(33-3)16-12-24/h5-6,9-18H,1,4,7-8,19-21H2,2-3H3. The molecule has 0 N–H and O–H groups in total. The molecule has 3 aromatic carbocycles. The van der Waals surface area contributed by atoms with Gasteiger partial charge in [0.1, 0.15) is 23.9 Å². The number of para-hydroxylation sites is 1. The highest BCUT2D eigenvalue weighted by Gasteiger charge is 2.08. The molecule has 0 aliphatic carbocycles. The Bertz CT molecular complexity index is 1140. The van der Waals surface area contributed by atoms with E-state index in [-0.39, 0.29) is 6.61 Å². The summed E-state index contributed by atoms with van der Waals surface area (Å²) in [5.41, 5.74) is 2.73. The molecule has 0 unspecified atom stereocenters. The molecule has 0 aliphatic heterocycles. The summed E-state index contributed by atoms with van der Waals surface area (Å²) in [6, 6.07) is 22.5. The highest BCUT2D eigenvalue weighted by molar-refractivity contribution is 5.86. The molecule has 0 radical (unpaired) electrons. The zero-order chi connectivity index (χ0) is 25.6. The van der Waals surface area contributed by atoms with Gasteiger partial charge in [0.15, 0.2) is 0 Å². The lowest BCUT2D eigenvalue weighted by Crippen LogP contribution is -2.07. The van der Waals surface area contributed by atoms with Crippen LogP contribution in [-0.2, 0) is 16.1 Å². The molecule has 0 aromatic heterocycles. The molecule has 0 aliphatic rings. The topological polar surface area (TPSA) is 78.7 Å². The van der Waals surface area contributed by atoms with Crippen LogP contribution in [0.25, 0.3) is 0 Å². The normalized spacial score (nSPS) is 10.7. The van der Waals surface area contributed by atoms with Crippen LogP contribution >= 0.6 is 0 Å². The van der Waals surface area contributed by atoms with Crippen molar-refractivity contribution < 1.29 is 23.7 Å². The smallest absolute Gasteiger partial charge is 0.333 e. The van der Waals surface area contributed by atoms with E-state index in [9.17, 15) is 4.79 Å². The summed E-state index contributed by atoms with van der Waals surface area (Å²) in [5.74, 6) is 1.91. The van der Waals surface area contributed by atoms with Crippen molar-refractivity contribution in [3.05, 3.63) is 90.5 Å². The van der Waals surface area contributed by atoms with Gasteiger partial charge in [0.05, 0.1) is 31.7 Å². The van der Waals surface area contributed by atoms with E-state index in [2.05, 4.69) is 16.8 Å². The number of unbranched alkanes of at least 4 members (excludes halogenated alkanes) is 2. The van der Waals surface area contributed by atoms with Crippen molar-refractivity contribution >= 4 is 17.3 Å². The van der Waals surface area contributed by atoms with Crippen molar-refractivity contribution in [2.75, 3.05) is 20.3 Å². The number of hydrogen-bond acceptors (Lipinski definition) is 7. The highest BCUT2D eigenvalue weighted by Crippen LogP contribution is 2.23. The summed E-state index contributed by atoms with van der Waals surface area (Å²) in [7, 11) is 1.63. The van der Waals surface area contributed by atoms with Crippen LogP contribution in [0.4, 0.5) is 11.4 Å². The Balaban J connectivity index is 1.32. The van der Waals surface area contributed by atoms with Crippen molar-refractivity contribution in [1.29, 1.82) is 0 Å². The van der Waals surface area contributed by atoms with Crippen LogP contribution in [0.15, 0.2) is 95.2 Å². The van der Waals surface area contributed by atoms with Crippen molar-refractivity contribution in [1.82, 2.24) is 0 Å². The van der Waals surface area contributed by atoms with E-state index in [0.29, 0.717) is 18.8 Å². The minimum atomic E-state index is -0.405. The lowest BCUT2D eigenvalue weighted by molar-refractivity contribution is -0.140. The van der Waals surface area contributed by atoms with E-state index in [1.807, 2.05) is 72.8 Å². The van der Waals surface area contributed by atoms with Crippen LogP contribution in [0.2, 0.25) is 0 Å². The fourth-order valence-electron chi connectivity index (χ4n) is 3.16. The van der Waals surface area contributed by atoms with E-state index < -0.39 is 5.97 Å². The molecule has 0 spiro atoms. The molecular formula is C29H32N2O5. The summed E-state index contributed by atoms with van der Waals surface area (Å²) in [5, 5.41) is 8.48. The number of nitrogens with zero attached hydrogens (tertiary/aromatic N) is 2. The molecule has 7 heteroatoms. The number of azo groups is 1. The first-order chi connectivity index (χ1) is 17.5. The first-order valence-corrected chi connectivity index (χ1v) is 11.9. The number of carbonyl (C=O) groups is 1. The second-order valence-electron chi connectivity index (χ2n) is 8.11. The van der Waals surface area contributed by atoms with Gasteiger partial charge in [-0.15, -0.1) is 0 Å². The molecule has 0 fully saturated rings. The Morgan fingerprint density at radius 2 is 1.36 bits per heavy atom. The third kappa shape index (κ3) is 8.91. The lowest BCUT2D eigenvalue weighted by atomic mass is 10.2. The molecule has 188 valence electrons. The van der Waals surface area contributed by atoms with E-state index in [4.69, 9.17) is 18.9 Å². The van der Waals surface area contributed by atoms with Crippen LogP contribution in [0.3, 0.4) is 0 Å². The van der Waals surface area contributed by atoms with Crippen LogP contribution in [0, 0.1) is 0 Å². The van der Waals surface area contributed by atoms with E-state index in [1.165, 1.54) is 0 Å². The maximum absolute atomic E-state index is 11.6. The summed E-state index contributed by atoms with van der Waals surface area (Å²) < 4.78 is 22.1. The molecule has 3 aromatic rings. The molecule has 0 saturated heterocycles. The lowest BCUT2D eigenvalue weighted by Gasteiger charge is -2.12. The number of hydrogen-bond donors (Lipinski definition) is 0. The molecule has 0 atom stereocenters. The first-order valence-electron chi connectivity index (χ1n) is 11.9. The minimum Gasteiger partial charge on any atom is -0.497 e. The molecule has 7 nitrogen and oxygen atoms in total. The van der Waals surface area contributed by atoms with Crippen molar-refractivity contribution in [2.45, 2.75) is 32.8 Å². The Kier molecular flexibility index (Phi) is 10.5. The molecule has 0 amide bonds. The van der Waals surface area contributed by atoms with Gasteiger partial charge in [0.2, 0.25) is 0 Å². The number of esters is 1. The van der Waals surface area contributed by atoms with E-state index >= 15 is 0 Å². The first kappa shape index (κ1) is 26.5. The third-order valence-corrected chi connectivity index (χ3v) is 5.18. The van der Waals surface area contributed by atoms with Crippen LogP contribution in [0.5, 0.6) is 17.2 Å². The quantitative estimate of drug-likeness (QED) is 0.103. The average Bonchev–Trinajstić information content (AvgIpc) is 2.91. The maximum atomic E-state index is 11.6. The second-order valence-corrected chi connectivity index (χ2v) is 8.11. The fraction of sp³-hybridized carbons (Fsp3) is 0.276. The summed E-state index contributed by atoms with van der Waals surface area (Å²) in [6.45, 7) is 6.59. The van der Waals surface area contributed by atoms with Crippen LogP contribution in [0.1, 0.15) is 31.7 Å². The highest BCUT2D eigenvalue weighted by atomic mass is 16.5. The third-order valence-electron chi connectivity index (χ3n) is 5.18. The predicted molar refractivity (Wildman–Crippen MR) is 140 cm³/mol. The van der Waals surface area contributed by atoms with Crippen molar-refractivity contribution in [3.63, 3.8) is 0 Å². The SMILES string of the molecule is C=C(C)C(=O)OCc1ccccc1OCCCCCOc1ccc(N=Nc2ccc(OC)cc2)cc1. The van der Waals surface area contributed by atoms with E-state index in [1.54, 1.807) is 14.0 Å². The van der Waals surface area contributed by atoms with Gasteiger partial charge >= 0.3 is 5.97 Å². The summed E-state index contributed by atoms with van der Waals surface area (Å²) in [4.78, 5) is 11.6. The average molecular weight is 489 g/mol. The zero-order valence-corrected chi connectivity index (χ0v) is 20.8. The number of benzene rings is 3. The van der Waals surface area contributed by atoms with Gasteiger partial charge in [-0.05, 0) is 80.8 Å². The van der Waals surface area contributed by atoms with Gasteiger partial charge in [-0.1, -0.05) is 24.8 Å². The number of methoxy groups -OCH3 is 1. The minimum absolute atomic E-state index is 0.164. The molecule has 0 bridgehead atoms. The van der Waals surface area contributed by atoms with Gasteiger partial charge < -0.3 is 18.9 Å². The Labute approximate surface area is 212 Å². The fourth-order valence-corrected chi connectivity index (χ4v) is 3.16. The second kappa shape index (κ2) is 14.3. The molecule has 3 rings (SSSR count). The Morgan fingerprint density at radius 1 is 0.778 bits per heavy atom. The maximum Gasteiger partial charge on any atom is 0.333 e. The van der Waals surface area contributed by atoms with Crippen LogP contribution in [-0.4, -0.2) is 26.3 Å². The van der Waals surface area contributed by atoms with Crippen molar-refractivity contribution in [3.8, 4) is 17.2 Å². The Morgan fingerprint density at radius 3 is 1.97 bits per heavy atom. The Hall–Kier alpha value is -4.13.